The molecule has 3 aromatic rings. The molecular formula is C16H16ClNO2. The normalized spacial score (nSPS) is 11.3. The van der Waals surface area contributed by atoms with Crippen molar-refractivity contribution in [3.8, 4) is 11.3 Å². The van der Waals surface area contributed by atoms with Gasteiger partial charge in [0.1, 0.15) is 11.5 Å². The van der Waals surface area contributed by atoms with Gasteiger partial charge in [0.25, 0.3) is 0 Å². The van der Waals surface area contributed by atoms with E-state index in [9.17, 15) is 0 Å². The van der Waals surface area contributed by atoms with Crippen molar-refractivity contribution >= 4 is 22.6 Å². The Balaban J connectivity index is 1.95. The molecule has 0 aliphatic carbocycles. The average molecular weight is 290 g/mol. The van der Waals surface area contributed by atoms with Gasteiger partial charge < -0.3 is 14.2 Å². The van der Waals surface area contributed by atoms with Crippen molar-refractivity contribution in [1.29, 1.82) is 0 Å². The molecule has 0 aliphatic heterocycles. The van der Waals surface area contributed by atoms with Crippen LogP contribution in [0.15, 0.2) is 45.4 Å². The lowest BCUT2D eigenvalue weighted by molar-refractivity contribution is 0.482. The summed E-state index contributed by atoms with van der Waals surface area (Å²) in [7, 11) is 0. The summed E-state index contributed by atoms with van der Waals surface area (Å²) in [5.74, 6) is 1.67. The maximum absolute atomic E-state index is 6.14. The highest BCUT2D eigenvalue weighted by Crippen LogP contribution is 2.33. The summed E-state index contributed by atoms with van der Waals surface area (Å²) in [5, 5.41) is 4.96. The predicted molar refractivity (Wildman–Crippen MR) is 80.9 cm³/mol. The molecule has 0 saturated heterocycles. The van der Waals surface area contributed by atoms with Gasteiger partial charge in [-0.2, -0.15) is 0 Å². The fourth-order valence-electron chi connectivity index (χ4n) is 2.24. The number of rotatable bonds is 5. The molecule has 0 saturated carbocycles. The van der Waals surface area contributed by atoms with Crippen LogP contribution in [0.2, 0.25) is 5.02 Å². The lowest BCUT2D eigenvalue weighted by Crippen LogP contribution is -2.13. The van der Waals surface area contributed by atoms with Gasteiger partial charge in [0, 0.05) is 5.39 Å². The molecule has 3 nitrogen and oxygen atoms in total. The van der Waals surface area contributed by atoms with E-state index < -0.39 is 0 Å². The maximum Gasteiger partial charge on any atom is 0.153 e. The number of furan rings is 2. The second kappa shape index (κ2) is 5.73. The van der Waals surface area contributed by atoms with E-state index in [2.05, 4.69) is 12.2 Å². The molecule has 0 atom stereocenters. The van der Waals surface area contributed by atoms with Crippen molar-refractivity contribution in [3.63, 3.8) is 0 Å². The molecule has 0 fully saturated rings. The van der Waals surface area contributed by atoms with Crippen LogP contribution >= 0.6 is 11.6 Å². The summed E-state index contributed by atoms with van der Waals surface area (Å²) in [6.07, 6.45) is 2.78. The molecule has 0 unspecified atom stereocenters. The smallest absolute Gasteiger partial charge is 0.153 e. The Morgan fingerprint density at radius 3 is 2.95 bits per heavy atom. The summed E-state index contributed by atoms with van der Waals surface area (Å²) < 4.78 is 11.4. The van der Waals surface area contributed by atoms with E-state index in [1.807, 2.05) is 30.3 Å². The molecule has 2 aromatic heterocycles. The van der Waals surface area contributed by atoms with Gasteiger partial charge in [-0.3, -0.25) is 0 Å². The van der Waals surface area contributed by atoms with Crippen molar-refractivity contribution in [2.75, 3.05) is 6.54 Å². The third kappa shape index (κ3) is 2.47. The highest BCUT2D eigenvalue weighted by molar-refractivity contribution is 6.34. The number of fused-ring (bicyclic) bond motifs is 1. The highest BCUT2D eigenvalue weighted by Gasteiger charge is 2.14. The van der Waals surface area contributed by atoms with E-state index in [0.29, 0.717) is 11.6 Å². The van der Waals surface area contributed by atoms with Crippen LogP contribution in [0, 0.1) is 0 Å². The van der Waals surface area contributed by atoms with Crippen LogP contribution < -0.4 is 5.32 Å². The minimum absolute atomic E-state index is 0.628. The number of nitrogens with one attached hydrogen (secondary N) is 1. The van der Waals surface area contributed by atoms with Gasteiger partial charge in [0.15, 0.2) is 5.58 Å². The van der Waals surface area contributed by atoms with E-state index in [1.165, 1.54) is 0 Å². The third-order valence-corrected chi connectivity index (χ3v) is 3.52. The Kier molecular flexibility index (Phi) is 3.81. The molecule has 104 valence electrons. The molecule has 0 bridgehead atoms. The van der Waals surface area contributed by atoms with Gasteiger partial charge in [-0.05, 0) is 31.2 Å². The maximum atomic E-state index is 6.14. The molecular weight excluding hydrogens is 274 g/mol. The largest absolute Gasteiger partial charge is 0.467 e. The molecule has 0 amide bonds. The summed E-state index contributed by atoms with van der Waals surface area (Å²) >= 11 is 6.14. The zero-order valence-corrected chi connectivity index (χ0v) is 12.0. The quantitative estimate of drug-likeness (QED) is 0.683. The zero-order valence-electron chi connectivity index (χ0n) is 11.3. The van der Waals surface area contributed by atoms with Crippen molar-refractivity contribution < 1.29 is 8.83 Å². The molecule has 0 spiro atoms. The van der Waals surface area contributed by atoms with Crippen LogP contribution in [0.5, 0.6) is 0 Å². The van der Waals surface area contributed by atoms with Gasteiger partial charge in [0.2, 0.25) is 0 Å². The van der Waals surface area contributed by atoms with Crippen molar-refractivity contribution in [3.05, 3.63) is 47.4 Å². The van der Waals surface area contributed by atoms with Crippen molar-refractivity contribution in [1.82, 2.24) is 5.32 Å². The number of hydrogen-bond donors (Lipinski definition) is 1. The van der Waals surface area contributed by atoms with Gasteiger partial charge >= 0.3 is 0 Å². The Bertz CT molecular complexity index is 714. The number of benzene rings is 1. The molecule has 1 N–H and O–H groups in total. The fourth-order valence-corrected chi connectivity index (χ4v) is 2.46. The predicted octanol–water partition coefficient (Wildman–Crippen LogP) is 4.85. The molecule has 1 aromatic carbocycles. The van der Waals surface area contributed by atoms with Gasteiger partial charge in [0.05, 0.1) is 23.4 Å². The first-order chi connectivity index (χ1) is 9.79. The fraction of sp³-hybridized carbons (Fsp3) is 0.250. The SMILES string of the molecule is CCCNCc1occc1-c1cc2cccc(Cl)c2o1. The Morgan fingerprint density at radius 1 is 1.25 bits per heavy atom. The standard InChI is InChI=1S/C16H16ClNO2/c1-2-7-18-10-15-12(6-8-19-15)14-9-11-4-3-5-13(17)16(11)20-14/h3-6,8-9,18H,2,7,10H2,1H3. The third-order valence-electron chi connectivity index (χ3n) is 3.22. The highest BCUT2D eigenvalue weighted by atomic mass is 35.5. The van der Waals surface area contributed by atoms with Crippen LogP contribution in [0.1, 0.15) is 19.1 Å². The molecule has 0 radical (unpaired) electrons. The molecule has 20 heavy (non-hydrogen) atoms. The van der Waals surface area contributed by atoms with Crippen LogP contribution in [-0.2, 0) is 6.54 Å². The molecule has 3 rings (SSSR count). The number of para-hydroxylation sites is 1. The lowest BCUT2D eigenvalue weighted by Gasteiger charge is -2.01. The summed E-state index contributed by atoms with van der Waals surface area (Å²) in [6, 6.07) is 9.66. The van der Waals surface area contributed by atoms with E-state index in [1.54, 1.807) is 6.26 Å². The summed E-state index contributed by atoms with van der Waals surface area (Å²) in [4.78, 5) is 0. The Hall–Kier alpha value is -1.71. The summed E-state index contributed by atoms with van der Waals surface area (Å²) in [6.45, 7) is 3.80. The van der Waals surface area contributed by atoms with E-state index in [0.717, 1.165) is 41.0 Å². The Morgan fingerprint density at radius 2 is 2.15 bits per heavy atom. The van der Waals surface area contributed by atoms with Gasteiger partial charge in [-0.1, -0.05) is 30.7 Å². The number of hydrogen-bond acceptors (Lipinski definition) is 3. The number of halogens is 1. The second-order valence-electron chi connectivity index (χ2n) is 4.70. The topological polar surface area (TPSA) is 38.3 Å². The first-order valence-corrected chi connectivity index (χ1v) is 7.13. The van der Waals surface area contributed by atoms with Crippen LogP contribution in [0.3, 0.4) is 0 Å². The minimum atomic E-state index is 0.628. The monoisotopic (exact) mass is 289 g/mol. The minimum Gasteiger partial charge on any atom is -0.467 e. The van der Waals surface area contributed by atoms with Gasteiger partial charge in [-0.25, -0.2) is 0 Å². The van der Waals surface area contributed by atoms with Crippen LogP contribution in [0.25, 0.3) is 22.3 Å². The van der Waals surface area contributed by atoms with E-state index in [-0.39, 0.29) is 0 Å². The molecule has 2 heterocycles. The molecule has 4 heteroatoms. The van der Waals surface area contributed by atoms with Crippen LogP contribution in [0.4, 0.5) is 0 Å². The average Bonchev–Trinajstić information content (AvgIpc) is 3.05. The first kappa shape index (κ1) is 13.3. The Labute approximate surface area is 122 Å². The lowest BCUT2D eigenvalue weighted by atomic mass is 10.1. The van der Waals surface area contributed by atoms with Crippen molar-refractivity contribution in [2.24, 2.45) is 0 Å². The molecule has 0 aliphatic rings. The van der Waals surface area contributed by atoms with Crippen LogP contribution in [-0.4, -0.2) is 6.54 Å². The second-order valence-corrected chi connectivity index (χ2v) is 5.11. The van der Waals surface area contributed by atoms with E-state index >= 15 is 0 Å². The van der Waals surface area contributed by atoms with E-state index in [4.69, 9.17) is 20.4 Å². The van der Waals surface area contributed by atoms with Gasteiger partial charge in [-0.15, -0.1) is 0 Å². The zero-order chi connectivity index (χ0) is 13.9. The van der Waals surface area contributed by atoms with Crippen molar-refractivity contribution in [2.45, 2.75) is 19.9 Å². The summed E-state index contributed by atoms with van der Waals surface area (Å²) in [5.41, 5.74) is 1.69. The first-order valence-electron chi connectivity index (χ1n) is 6.75.